The molecule has 7 nitrogen and oxygen atoms in total. The number of ether oxygens (including phenoxy) is 2. The minimum atomic E-state index is -0.967. The monoisotopic (exact) mass is 468 g/mol. The summed E-state index contributed by atoms with van der Waals surface area (Å²) < 4.78 is 25.2. The van der Waals surface area contributed by atoms with E-state index in [1.165, 1.54) is 12.1 Å². The summed E-state index contributed by atoms with van der Waals surface area (Å²) >= 11 is 0. The Kier molecular flexibility index (Phi) is 6.04. The van der Waals surface area contributed by atoms with Gasteiger partial charge in [-0.1, -0.05) is 18.2 Å². The molecule has 2 aromatic rings. The summed E-state index contributed by atoms with van der Waals surface area (Å²) in [6.07, 6.45) is 3.48. The van der Waals surface area contributed by atoms with Crippen LogP contribution in [0.2, 0.25) is 0 Å². The Labute approximate surface area is 197 Å². The van der Waals surface area contributed by atoms with Crippen molar-refractivity contribution < 1.29 is 28.6 Å². The fourth-order valence-corrected chi connectivity index (χ4v) is 5.22. The summed E-state index contributed by atoms with van der Waals surface area (Å²) in [5.41, 5.74) is 0.0286. The van der Waals surface area contributed by atoms with Crippen molar-refractivity contribution in [2.45, 2.75) is 49.3 Å². The molecule has 8 heteroatoms. The smallest absolute Gasteiger partial charge is 0.335 e. The number of hydrogen-bond donors (Lipinski definition) is 2. The number of carbonyl (C=O) groups excluding carboxylic acids is 1. The number of rotatable bonds is 7. The number of amides is 1. The highest BCUT2D eigenvalue weighted by molar-refractivity contribution is 5.89. The minimum Gasteiger partial charge on any atom is -0.489 e. The number of nitrogens with one attached hydrogen (secondary N) is 1. The number of benzene rings is 2. The van der Waals surface area contributed by atoms with Crippen LogP contribution in [0.25, 0.3) is 0 Å². The average molecular weight is 469 g/mol. The summed E-state index contributed by atoms with van der Waals surface area (Å²) in [5.74, 6) is -0.814. The van der Waals surface area contributed by atoms with Crippen LogP contribution in [0.1, 0.15) is 48.0 Å². The van der Waals surface area contributed by atoms with Crippen molar-refractivity contribution >= 4 is 11.9 Å². The van der Waals surface area contributed by atoms with Crippen LogP contribution < -0.4 is 10.1 Å². The molecular weight excluding hydrogens is 439 g/mol. The van der Waals surface area contributed by atoms with Gasteiger partial charge in [0.05, 0.1) is 11.1 Å². The van der Waals surface area contributed by atoms with Crippen molar-refractivity contribution in [1.82, 2.24) is 10.2 Å². The summed E-state index contributed by atoms with van der Waals surface area (Å²) in [4.78, 5) is 27.2. The lowest BCUT2D eigenvalue weighted by molar-refractivity contribution is -0.141. The molecule has 0 spiro atoms. The predicted octanol–water partition coefficient (Wildman–Crippen LogP) is 3.33. The van der Waals surface area contributed by atoms with Gasteiger partial charge >= 0.3 is 5.97 Å². The van der Waals surface area contributed by atoms with Crippen molar-refractivity contribution in [2.24, 2.45) is 0 Å². The molecule has 0 radical (unpaired) electrons. The highest BCUT2D eigenvalue weighted by atomic mass is 19.1. The molecule has 2 saturated heterocycles. The Hall–Kier alpha value is -2.97. The molecule has 2 N–H and O–H groups in total. The lowest BCUT2D eigenvalue weighted by atomic mass is 9.86. The molecule has 1 aliphatic carbocycles. The van der Waals surface area contributed by atoms with E-state index in [1.54, 1.807) is 36.4 Å². The van der Waals surface area contributed by atoms with E-state index in [2.05, 4.69) is 10.2 Å². The van der Waals surface area contributed by atoms with Crippen LogP contribution in [0, 0.1) is 5.82 Å². The molecule has 3 aliphatic rings. The normalized spacial score (nSPS) is 23.3. The van der Waals surface area contributed by atoms with E-state index in [0.29, 0.717) is 44.9 Å². The number of hydrogen-bond acceptors (Lipinski definition) is 5. The number of halogens is 1. The summed E-state index contributed by atoms with van der Waals surface area (Å²) in [7, 11) is 0. The van der Waals surface area contributed by atoms with Crippen molar-refractivity contribution in [1.29, 1.82) is 0 Å². The van der Waals surface area contributed by atoms with Crippen LogP contribution in [0.4, 0.5) is 4.39 Å². The van der Waals surface area contributed by atoms with Gasteiger partial charge in [0.25, 0.3) is 0 Å². The van der Waals surface area contributed by atoms with Gasteiger partial charge in [-0.3, -0.25) is 9.69 Å². The van der Waals surface area contributed by atoms with Gasteiger partial charge in [0.1, 0.15) is 23.2 Å². The third-order valence-corrected chi connectivity index (χ3v) is 7.38. The molecule has 1 atom stereocenters. The van der Waals surface area contributed by atoms with Crippen LogP contribution >= 0.6 is 0 Å². The fourth-order valence-electron chi connectivity index (χ4n) is 5.22. The number of carbonyl (C=O) groups is 2. The zero-order chi connectivity index (χ0) is 23.8. The van der Waals surface area contributed by atoms with Crippen molar-refractivity contribution in [2.75, 3.05) is 26.3 Å². The number of likely N-dealkylation sites (tertiary alicyclic amines) is 1. The Balaban J connectivity index is 1.31. The number of carboxylic acid groups (broad SMARTS) is 1. The van der Waals surface area contributed by atoms with E-state index >= 15 is 0 Å². The zero-order valence-electron chi connectivity index (χ0n) is 19.0. The first kappa shape index (κ1) is 22.8. The maximum atomic E-state index is 13.8. The second-order valence-electron chi connectivity index (χ2n) is 9.49. The van der Waals surface area contributed by atoms with E-state index in [9.17, 15) is 19.1 Å². The van der Waals surface area contributed by atoms with Crippen molar-refractivity contribution in [3.05, 3.63) is 65.5 Å². The Morgan fingerprint density at radius 1 is 1.09 bits per heavy atom. The van der Waals surface area contributed by atoms with Gasteiger partial charge in [0.2, 0.25) is 5.91 Å². The molecule has 5 rings (SSSR count). The highest BCUT2D eigenvalue weighted by Crippen LogP contribution is 2.46. The molecule has 1 amide bonds. The van der Waals surface area contributed by atoms with Gasteiger partial charge in [0, 0.05) is 32.4 Å². The first-order valence-corrected chi connectivity index (χ1v) is 11.8. The third kappa shape index (κ3) is 4.40. The van der Waals surface area contributed by atoms with E-state index < -0.39 is 17.0 Å². The average Bonchev–Trinajstić information content (AvgIpc) is 3.47. The molecule has 2 aliphatic heterocycles. The summed E-state index contributed by atoms with van der Waals surface area (Å²) in [5, 5.41) is 12.5. The van der Waals surface area contributed by atoms with E-state index in [1.807, 2.05) is 0 Å². The fraction of sp³-hybridized carbons (Fsp3) is 0.462. The van der Waals surface area contributed by atoms with Crippen LogP contribution in [0.5, 0.6) is 5.75 Å². The second kappa shape index (κ2) is 9.00. The van der Waals surface area contributed by atoms with E-state index in [-0.39, 0.29) is 23.4 Å². The number of nitrogens with zero attached hydrogens (tertiary/aromatic N) is 1. The molecule has 0 bridgehead atoms. The first-order valence-electron chi connectivity index (χ1n) is 11.8. The molecule has 2 aromatic carbocycles. The number of aromatic carboxylic acids is 1. The molecule has 0 aromatic heterocycles. The Morgan fingerprint density at radius 3 is 2.47 bits per heavy atom. The van der Waals surface area contributed by atoms with E-state index in [4.69, 9.17) is 9.47 Å². The Bertz CT molecular complexity index is 1060. The van der Waals surface area contributed by atoms with Gasteiger partial charge in [-0.2, -0.15) is 0 Å². The first-order chi connectivity index (χ1) is 16.4. The third-order valence-electron chi connectivity index (χ3n) is 7.38. The molecule has 3 fully saturated rings. The Morgan fingerprint density at radius 2 is 1.82 bits per heavy atom. The molecule has 1 saturated carbocycles. The molecule has 0 unspecified atom stereocenters. The standard InChI is InChI=1S/C26H29FN2O5/c27-20-2-1-3-21(16-20)34-22-8-13-29(17-22)26(11-14-33-15-12-26)24(32)28-25(9-10-25)19-6-4-18(5-7-19)23(30)31/h1-7,16,22H,8-15,17H2,(H,28,32)(H,30,31)/t22-/m1/s1. The van der Waals surface area contributed by atoms with Gasteiger partial charge in [-0.05, 0) is 61.9 Å². The second-order valence-corrected chi connectivity index (χ2v) is 9.49. The van der Waals surface area contributed by atoms with Crippen molar-refractivity contribution in [3.63, 3.8) is 0 Å². The maximum absolute atomic E-state index is 13.8. The SMILES string of the molecule is O=C(O)c1ccc(C2(NC(=O)C3(N4CC[C@@H](Oc5cccc(F)c5)C4)CCOCC3)CC2)cc1. The molecule has 2 heterocycles. The van der Waals surface area contributed by atoms with E-state index in [0.717, 1.165) is 24.8 Å². The quantitative estimate of drug-likeness (QED) is 0.648. The van der Waals surface area contributed by atoms with Crippen LogP contribution in [-0.2, 0) is 15.1 Å². The molecule has 180 valence electrons. The maximum Gasteiger partial charge on any atom is 0.335 e. The van der Waals surface area contributed by atoms with Gasteiger partial charge in [-0.15, -0.1) is 0 Å². The molecular formula is C26H29FN2O5. The number of carboxylic acids is 1. The minimum absolute atomic E-state index is 0.0120. The van der Waals surface area contributed by atoms with Crippen LogP contribution in [0.15, 0.2) is 48.5 Å². The van der Waals surface area contributed by atoms with Crippen LogP contribution in [-0.4, -0.2) is 59.8 Å². The highest BCUT2D eigenvalue weighted by Gasteiger charge is 2.53. The van der Waals surface area contributed by atoms with Gasteiger partial charge in [0.15, 0.2) is 0 Å². The van der Waals surface area contributed by atoms with Gasteiger partial charge in [-0.25, -0.2) is 9.18 Å². The topological polar surface area (TPSA) is 88.1 Å². The van der Waals surface area contributed by atoms with Crippen molar-refractivity contribution in [3.8, 4) is 5.75 Å². The largest absolute Gasteiger partial charge is 0.489 e. The summed E-state index contributed by atoms with van der Waals surface area (Å²) in [6, 6.07) is 12.9. The summed E-state index contributed by atoms with van der Waals surface area (Å²) in [6.45, 7) is 2.33. The molecule has 34 heavy (non-hydrogen) atoms. The van der Waals surface area contributed by atoms with Gasteiger partial charge < -0.3 is 19.9 Å². The lowest BCUT2D eigenvalue weighted by Gasteiger charge is -2.43. The lowest BCUT2D eigenvalue weighted by Crippen LogP contribution is -2.62. The zero-order valence-corrected chi connectivity index (χ0v) is 19.0. The predicted molar refractivity (Wildman–Crippen MR) is 122 cm³/mol. The van der Waals surface area contributed by atoms with Crippen LogP contribution in [0.3, 0.4) is 0 Å².